The first-order valence-corrected chi connectivity index (χ1v) is 8.34. The van der Waals surface area contributed by atoms with Gasteiger partial charge >= 0.3 is 0 Å². The maximum absolute atomic E-state index is 3.41. The van der Waals surface area contributed by atoms with E-state index in [0.29, 0.717) is 5.41 Å². The molecule has 3 nitrogen and oxygen atoms in total. The van der Waals surface area contributed by atoms with Crippen LogP contribution in [0.4, 0.5) is 0 Å². The second kappa shape index (κ2) is 7.05. The molecular weight excluding hydrogens is 234 g/mol. The zero-order chi connectivity index (χ0) is 13.7. The zero-order valence-electron chi connectivity index (χ0n) is 13.2. The van der Waals surface area contributed by atoms with E-state index in [1.54, 1.807) is 0 Å². The van der Waals surface area contributed by atoms with Gasteiger partial charge in [-0.3, -0.25) is 4.90 Å². The quantitative estimate of drug-likeness (QED) is 0.763. The normalized spacial score (nSPS) is 26.4. The number of nitrogens with zero attached hydrogens (tertiary/aromatic N) is 2. The number of hydrogen-bond donors (Lipinski definition) is 1. The van der Waals surface area contributed by atoms with E-state index >= 15 is 0 Å². The predicted octanol–water partition coefficient (Wildman–Crippen LogP) is 2.18. The zero-order valence-corrected chi connectivity index (χ0v) is 13.2. The van der Waals surface area contributed by atoms with Crippen molar-refractivity contribution < 1.29 is 0 Å². The molecule has 0 aromatic heterocycles. The average Bonchev–Trinajstić information content (AvgIpc) is 3.08. The lowest BCUT2D eigenvalue weighted by Gasteiger charge is -2.36. The van der Waals surface area contributed by atoms with Crippen LogP contribution in [0.1, 0.15) is 46.0 Å². The van der Waals surface area contributed by atoms with E-state index in [1.807, 2.05) is 0 Å². The van der Waals surface area contributed by atoms with Gasteiger partial charge in [0, 0.05) is 25.7 Å². The van der Waals surface area contributed by atoms with E-state index in [-0.39, 0.29) is 0 Å². The van der Waals surface area contributed by atoms with Gasteiger partial charge in [0.25, 0.3) is 0 Å². The van der Waals surface area contributed by atoms with Crippen molar-refractivity contribution in [2.24, 2.45) is 5.41 Å². The van der Waals surface area contributed by atoms with Gasteiger partial charge in [-0.05, 0) is 64.2 Å². The van der Waals surface area contributed by atoms with Gasteiger partial charge in [-0.2, -0.15) is 0 Å². The Morgan fingerprint density at radius 3 is 2.37 bits per heavy atom. The van der Waals surface area contributed by atoms with Crippen molar-refractivity contribution in [2.75, 3.05) is 46.3 Å². The molecule has 0 saturated carbocycles. The number of hydrogen-bond acceptors (Lipinski definition) is 3. The van der Waals surface area contributed by atoms with Crippen molar-refractivity contribution >= 4 is 0 Å². The first-order chi connectivity index (χ1) is 9.23. The van der Waals surface area contributed by atoms with Crippen molar-refractivity contribution in [3.63, 3.8) is 0 Å². The second-order valence-corrected chi connectivity index (χ2v) is 6.66. The molecule has 0 radical (unpaired) electrons. The van der Waals surface area contributed by atoms with Gasteiger partial charge in [0.2, 0.25) is 0 Å². The topological polar surface area (TPSA) is 18.5 Å². The average molecular weight is 267 g/mol. The summed E-state index contributed by atoms with van der Waals surface area (Å²) in [5.74, 6) is 0. The molecule has 0 bridgehead atoms. The summed E-state index contributed by atoms with van der Waals surface area (Å²) >= 11 is 0. The van der Waals surface area contributed by atoms with Gasteiger partial charge in [0.15, 0.2) is 0 Å². The summed E-state index contributed by atoms with van der Waals surface area (Å²) in [6.07, 6.45) is 6.81. The molecule has 0 aromatic rings. The van der Waals surface area contributed by atoms with E-state index in [4.69, 9.17) is 0 Å². The molecule has 0 amide bonds. The maximum Gasteiger partial charge on any atom is 0.0235 e. The molecular formula is C16H33N3. The van der Waals surface area contributed by atoms with Crippen LogP contribution in [-0.2, 0) is 0 Å². The molecule has 112 valence electrons. The minimum atomic E-state index is 0.481. The number of likely N-dealkylation sites (tertiary alicyclic amines) is 2. The van der Waals surface area contributed by atoms with Crippen LogP contribution in [0.25, 0.3) is 0 Å². The van der Waals surface area contributed by atoms with Crippen LogP contribution in [0, 0.1) is 5.41 Å². The Bertz CT molecular complexity index is 257. The molecule has 0 aliphatic carbocycles. The van der Waals surface area contributed by atoms with Crippen molar-refractivity contribution in [3.8, 4) is 0 Å². The summed E-state index contributed by atoms with van der Waals surface area (Å²) in [6, 6.07) is 0.850. The second-order valence-electron chi connectivity index (χ2n) is 6.66. The maximum atomic E-state index is 3.41. The summed E-state index contributed by atoms with van der Waals surface area (Å²) in [4.78, 5) is 5.46. The Kier molecular flexibility index (Phi) is 5.67. The molecule has 1 unspecified atom stereocenters. The molecule has 2 saturated heterocycles. The third kappa shape index (κ3) is 3.71. The highest BCUT2D eigenvalue weighted by atomic mass is 15.3. The van der Waals surface area contributed by atoms with Crippen molar-refractivity contribution in [1.29, 1.82) is 0 Å². The molecule has 3 heteroatoms. The molecule has 19 heavy (non-hydrogen) atoms. The van der Waals surface area contributed by atoms with Crippen molar-refractivity contribution in [3.05, 3.63) is 0 Å². The van der Waals surface area contributed by atoms with Crippen molar-refractivity contribution in [2.45, 2.75) is 52.0 Å². The molecule has 1 N–H and O–H groups in total. The van der Waals surface area contributed by atoms with Gasteiger partial charge < -0.3 is 10.2 Å². The van der Waals surface area contributed by atoms with Gasteiger partial charge in [-0.25, -0.2) is 0 Å². The summed E-state index contributed by atoms with van der Waals surface area (Å²) in [6.45, 7) is 12.5. The highest BCUT2D eigenvalue weighted by Crippen LogP contribution is 2.29. The van der Waals surface area contributed by atoms with E-state index in [9.17, 15) is 0 Å². The molecule has 0 spiro atoms. The largest absolute Gasteiger partial charge is 0.319 e. The fraction of sp³-hybridized carbons (Fsp3) is 1.00. The van der Waals surface area contributed by atoms with Crippen LogP contribution in [0.5, 0.6) is 0 Å². The third-order valence-electron chi connectivity index (χ3n) is 5.52. The summed E-state index contributed by atoms with van der Waals surface area (Å²) in [7, 11) is 2.09. The fourth-order valence-corrected chi connectivity index (χ4v) is 3.99. The lowest BCUT2D eigenvalue weighted by Crippen LogP contribution is -2.43. The highest BCUT2D eigenvalue weighted by Gasteiger charge is 2.34. The molecule has 2 aliphatic heterocycles. The smallest absolute Gasteiger partial charge is 0.0235 e. The first kappa shape index (κ1) is 15.3. The SMILES string of the molecule is CCC(CC)(CNC)CN1CCC(N2CCCC2)C1. The Morgan fingerprint density at radius 2 is 1.79 bits per heavy atom. The molecule has 2 heterocycles. The summed E-state index contributed by atoms with van der Waals surface area (Å²) in [5.41, 5.74) is 0.481. The van der Waals surface area contributed by atoms with Gasteiger partial charge in [0.05, 0.1) is 0 Å². The fourth-order valence-electron chi connectivity index (χ4n) is 3.99. The van der Waals surface area contributed by atoms with E-state index in [0.717, 1.165) is 12.6 Å². The van der Waals surface area contributed by atoms with E-state index < -0.39 is 0 Å². The molecule has 2 rings (SSSR count). The van der Waals surface area contributed by atoms with Crippen molar-refractivity contribution in [1.82, 2.24) is 15.1 Å². The van der Waals surface area contributed by atoms with Crippen LogP contribution in [-0.4, -0.2) is 62.2 Å². The van der Waals surface area contributed by atoms with E-state index in [2.05, 4.69) is 36.0 Å². The number of rotatable bonds is 7. The minimum Gasteiger partial charge on any atom is -0.319 e. The lowest BCUT2D eigenvalue weighted by atomic mass is 9.81. The first-order valence-electron chi connectivity index (χ1n) is 8.34. The van der Waals surface area contributed by atoms with Gasteiger partial charge in [-0.15, -0.1) is 0 Å². The standard InChI is InChI=1S/C16H33N3/c1-4-16(5-2,13-17-3)14-18-11-8-15(12-18)19-9-6-7-10-19/h15,17H,4-14H2,1-3H3. The Labute approximate surface area is 119 Å². The number of nitrogens with one attached hydrogen (secondary N) is 1. The molecule has 1 atom stereocenters. The van der Waals surface area contributed by atoms with Crippen LogP contribution >= 0.6 is 0 Å². The van der Waals surface area contributed by atoms with Gasteiger partial charge in [0.1, 0.15) is 0 Å². The predicted molar refractivity (Wildman–Crippen MR) is 82.6 cm³/mol. The molecule has 2 fully saturated rings. The van der Waals surface area contributed by atoms with E-state index in [1.165, 1.54) is 64.8 Å². The van der Waals surface area contributed by atoms with Crippen LogP contribution in [0.2, 0.25) is 0 Å². The van der Waals surface area contributed by atoms with Crippen LogP contribution in [0.3, 0.4) is 0 Å². The summed E-state index contributed by atoms with van der Waals surface area (Å²) < 4.78 is 0. The Hall–Kier alpha value is -0.120. The van der Waals surface area contributed by atoms with Gasteiger partial charge in [-0.1, -0.05) is 13.8 Å². The minimum absolute atomic E-state index is 0.481. The van der Waals surface area contributed by atoms with Crippen LogP contribution in [0.15, 0.2) is 0 Å². The lowest BCUT2D eigenvalue weighted by molar-refractivity contribution is 0.146. The molecule has 2 aliphatic rings. The Morgan fingerprint density at radius 1 is 1.11 bits per heavy atom. The molecule has 0 aromatic carbocycles. The Balaban J connectivity index is 1.85. The highest BCUT2D eigenvalue weighted by molar-refractivity contribution is 4.90. The summed E-state index contributed by atoms with van der Waals surface area (Å²) in [5, 5.41) is 3.41. The van der Waals surface area contributed by atoms with Crippen LogP contribution < -0.4 is 5.32 Å². The monoisotopic (exact) mass is 267 g/mol. The third-order valence-corrected chi connectivity index (χ3v) is 5.52.